The lowest BCUT2D eigenvalue weighted by molar-refractivity contribution is -0.140. The number of amides is 3. The molecule has 3 rings (SSSR count). The molecule has 0 N–H and O–H groups in total. The van der Waals surface area contributed by atoms with Gasteiger partial charge in [0, 0.05) is 36.6 Å². The molecule has 140 valence electrons. The van der Waals surface area contributed by atoms with Crippen molar-refractivity contribution in [3.8, 4) is 0 Å². The molecule has 2 atom stereocenters. The Labute approximate surface area is 163 Å². The molecule has 0 bridgehead atoms. The average molecular weight is 397 g/mol. The molecule has 2 fully saturated rings. The van der Waals surface area contributed by atoms with Crippen molar-refractivity contribution < 1.29 is 14.4 Å². The lowest BCUT2D eigenvalue weighted by Crippen LogP contribution is -2.36. The van der Waals surface area contributed by atoms with Gasteiger partial charge in [-0.05, 0) is 30.5 Å². The Morgan fingerprint density at radius 1 is 1.15 bits per heavy atom. The number of carbonyl (C=O) groups excluding carboxylic acids is 3. The number of benzene rings is 1. The van der Waals surface area contributed by atoms with Crippen LogP contribution < -0.4 is 0 Å². The minimum absolute atomic E-state index is 0.101. The molecule has 3 amide bonds. The minimum atomic E-state index is -0.169. The summed E-state index contributed by atoms with van der Waals surface area (Å²) >= 11 is 12.0. The van der Waals surface area contributed by atoms with Crippen LogP contribution in [0.25, 0.3) is 0 Å². The molecular weight excluding hydrogens is 375 g/mol. The Balaban J connectivity index is 1.56. The first kappa shape index (κ1) is 19.2. The Bertz CT molecular complexity index is 713. The lowest BCUT2D eigenvalue weighted by Gasteiger charge is -2.20. The highest BCUT2D eigenvalue weighted by molar-refractivity contribution is 6.35. The fraction of sp³-hybridized carbons (Fsp3) is 0.526. The van der Waals surface area contributed by atoms with E-state index in [0.717, 1.165) is 31.2 Å². The van der Waals surface area contributed by atoms with Crippen molar-refractivity contribution in [3.63, 3.8) is 0 Å². The van der Waals surface area contributed by atoms with Gasteiger partial charge in [-0.3, -0.25) is 19.3 Å². The first-order valence-corrected chi connectivity index (χ1v) is 9.67. The van der Waals surface area contributed by atoms with Crippen molar-refractivity contribution in [2.24, 2.45) is 11.8 Å². The smallest absolute Gasteiger partial charge is 0.233 e. The average Bonchev–Trinajstić information content (AvgIpc) is 2.86. The van der Waals surface area contributed by atoms with E-state index in [1.165, 1.54) is 4.90 Å². The maximum absolute atomic E-state index is 12.5. The number of fused-ring (bicyclic) bond motifs is 1. The fourth-order valence-corrected chi connectivity index (χ4v) is 4.31. The van der Waals surface area contributed by atoms with Crippen molar-refractivity contribution in [2.45, 2.75) is 38.6 Å². The topological polar surface area (TPSA) is 57.7 Å². The summed E-state index contributed by atoms with van der Waals surface area (Å²) in [6.07, 6.45) is 3.69. The molecule has 1 aliphatic carbocycles. The van der Waals surface area contributed by atoms with Crippen molar-refractivity contribution in [1.29, 1.82) is 0 Å². The zero-order valence-electron chi connectivity index (χ0n) is 14.7. The largest absolute Gasteiger partial charge is 0.341 e. The highest BCUT2D eigenvalue weighted by Crippen LogP contribution is 2.38. The third-order valence-corrected chi connectivity index (χ3v) is 5.92. The molecule has 1 aromatic carbocycles. The van der Waals surface area contributed by atoms with Gasteiger partial charge in [0.2, 0.25) is 17.7 Å². The molecule has 0 spiro atoms. The number of hydrogen-bond acceptors (Lipinski definition) is 3. The van der Waals surface area contributed by atoms with Gasteiger partial charge in [0.05, 0.1) is 11.8 Å². The summed E-state index contributed by atoms with van der Waals surface area (Å²) in [5, 5.41) is 1.05. The summed E-state index contributed by atoms with van der Waals surface area (Å²) in [6.45, 7) is 0.504. The van der Waals surface area contributed by atoms with Crippen LogP contribution in [0.15, 0.2) is 18.2 Å². The van der Waals surface area contributed by atoms with Crippen molar-refractivity contribution >= 4 is 40.9 Å². The van der Waals surface area contributed by atoms with Gasteiger partial charge < -0.3 is 4.90 Å². The summed E-state index contributed by atoms with van der Waals surface area (Å²) in [6, 6.07) is 5.15. The van der Waals surface area contributed by atoms with E-state index in [4.69, 9.17) is 23.2 Å². The summed E-state index contributed by atoms with van der Waals surface area (Å²) < 4.78 is 0. The first-order chi connectivity index (χ1) is 12.4. The highest BCUT2D eigenvalue weighted by Gasteiger charge is 2.47. The molecule has 0 unspecified atom stereocenters. The maximum Gasteiger partial charge on any atom is 0.233 e. The fourth-order valence-electron chi connectivity index (χ4n) is 3.84. The zero-order chi connectivity index (χ0) is 18.8. The van der Waals surface area contributed by atoms with Gasteiger partial charge in [0.25, 0.3) is 0 Å². The van der Waals surface area contributed by atoms with Gasteiger partial charge in [-0.15, -0.1) is 0 Å². The Morgan fingerprint density at radius 2 is 1.77 bits per heavy atom. The molecule has 7 heteroatoms. The lowest BCUT2D eigenvalue weighted by atomic mass is 9.81. The second kappa shape index (κ2) is 7.97. The number of imide groups is 1. The van der Waals surface area contributed by atoms with Crippen molar-refractivity contribution in [2.75, 3.05) is 13.6 Å². The number of nitrogens with zero attached hydrogens (tertiary/aromatic N) is 2. The highest BCUT2D eigenvalue weighted by atomic mass is 35.5. The second-order valence-corrected chi connectivity index (χ2v) is 7.90. The summed E-state index contributed by atoms with van der Waals surface area (Å²) in [5.74, 6) is -0.674. The second-order valence-electron chi connectivity index (χ2n) is 7.06. The predicted molar refractivity (Wildman–Crippen MR) is 99.7 cm³/mol. The quantitative estimate of drug-likeness (QED) is 0.715. The van der Waals surface area contributed by atoms with Crippen molar-refractivity contribution in [1.82, 2.24) is 9.80 Å². The molecule has 5 nitrogen and oxygen atoms in total. The summed E-state index contributed by atoms with van der Waals surface area (Å²) in [7, 11) is 1.68. The van der Waals surface area contributed by atoms with Gasteiger partial charge in [0.1, 0.15) is 0 Å². The molecule has 0 radical (unpaired) electrons. The van der Waals surface area contributed by atoms with Gasteiger partial charge in [-0.25, -0.2) is 0 Å². The molecule has 1 aromatic rings. The van der Waals surface area contributed by atoms with E-state index >= 15 is 0 Å². The molecule has 0 aromatic heterocycles. The van der Waals surface area contributed by atoms with Crippen LogP contribution in [-0.4, -0.2) is 41.1 Å². The Morgan fingerprint density at radius 3 is 2.35 bits per heavy atom. The number of hydrogen-bond donors (Lipinski definition) is 0. The summed E-state index contributed by atoms with van der Waals surface area (Å²) in [4.78, 5) is 40.2. The van der Waals surface area contributed by atoms with E-state index in [0.29, 0.717) is 16.6 Å². The van der Waals surface area contributed by atoms with E-state index in [1.54, 1.807) is 30.1 Å². The van der Waals surface area contributed by atoms with Crippen LogP contribution >= 0.6 is 23.2 Å². The van der Waals surface area contributed by atoms with E-state index in [9.17, 15) is 14.4 Å². The number of halogens is 2. The van der Waals surface area contributed by atoms with Crippen LogP contribution in [0.5, 0.6) is 0 Å². The van der Waals surface area contributed by atoms with Gasteiger partial charge in [0.15, 0.2) is 0 Å². The molecule has 2 aliphatic rings. The van der Waals surface area contributed by atoms with Gasteiger partial charge >= 0.3 is 0 Å². The molecule has 1 saturated carbocycles. The number of carbonyl (C=O) groups is 3. The predicted octanol–water partition coefficient (Wildman–Crippen LogP) is 3.52. The van der Waals surface area contributed by atoms with E-state index in [2.05, 4.69) is 0 Å². The Kier molecular flexibility index (Phi) is 5.88. The number of likely N-dealkylation sites (tertiary alicyclic amines) is 1. The monoisotopic (exact) mass is 396 g/mol. The zero-order valence-corrected chi connectivity index (χ0v) is 16.2. The molecule has 1 heterocycles. The van der Waals surface area contributed by atoms with E-state index < -0.39 is 0 Å². The van der Waals surface area contributed by atoms with Crippen molar-refractivity contribution in [3.05, 3.63) is 33.8 Å². The van der Waals surface area contributed by atoms with Crippen LogP contribution in [0.4, 0.5) is 0 Å². The van der Waals surface area contributed by atoms with E-state index in [1.807, 2.05) is 0 Å². The van der Waals surface area contributed by atoms with E-state index in [-0.39, 0.29) is 42.5 Å². The number of rotatable bonds is 5. The standard InChI is InChI=1S/C19H22Cl2N2O3/c1-22(11-12-6-7-13(20)10-16(12)21)17(24)8-9-23-18(25)14-4-2-3-5-15(14)19(23)26/h6-7,10,14-15H,2-5,8-9,11H2,1H3/t14-,15-/m0/s1. The molecule has 1 aliphatic heterocycles. The third kappa shape index (κ3) is 3.89. The Hall–Kier alpha value is -1.59. The van der Waals surface area contributed by atoms with Gasteiger partial charge in [-0.2, -0.15) is 0 Å². The van der Waals surface area contributed by atoms with Crippen LogP contribution in [0.1, 0.15) is 37.7 Å². The van der Waals surface area contributed by atoms with Crippen LogP contribution in [0.2, 0.25) is 10.0 Å². The van der Waals surface area contributed by atoms with Crippen LogP contribution in [0, 0.1) is 11.8 Å². The SMILES string of the molecule is CN(Cc1ccc(Cl)cc1Cl)C(=O)CCN1C(=O)[C@H]2CCCC[C@@H]2C1=O. The molecule has 26 heavy (non-hydrogen) atoms. The molecular formula is C19H22Cl2N2O3. The molecule has 1 saturated heterocycles. The minimum Gasteiger partial charge on any atom is -0.341 e. The maximum atomic E-state index is 12.5. The normalized spacial score (nSPS) is 22.5. The van der Waals surface area contributed by atoms with Crippen LogP contribution in [0.3, 0.4) is 0 Å². The third-order valence-electron chi connectivity index (χ3n) is 5.33. The van der Waals surface area contributed by atoms with Gasteiger partial charge in [-0.1, -0.05) is 42.1 Å². The van der Waals surface area contributed by atoms with Crippen LogP contribution in [-0.2, 0) is 20.9 Å². The first-order valence-electron chi connectivity index (χ1n) is 8.91. The summed E-state index contributed by atoms with van der Waals surface area (Å²) in [5.41, 5.74) is 0.797.